The molecular weight excluding hydrogens is 361 g/mol. The van der Waals surface area contributed by atoms with E-state index >= 15 is 0 Å². The Kier molecular flexibility index (Phi) is 5.17. The number of rotatable bonds is 4. The molecule has 0 spiro atoms. The van der Waals surface area contributed by atoms with Crippen LogP contribution >= 0.6 is 22.6 Å². The Hall–Kier alpha value is -1.36. The highest BCUT2D eigenvalue weighted by molar-refractivity contribution is 14.1. The van der Waals surface area contributed by atoms with Gasteiger partial charge in [-0.15, -0.1) is 0 Å². The third kappa shape index (κ3) is 3.82. The number of hydrogen-bond donors (Lipinski definition) is 0. The predicted molar refractivity (Wildman–Crippen MR) is 90.6 cm³/mol. The van der Waals surface area contributed by atoms with Crippen molar-refractivity contribution in [3.8, 4) is 0 Å². The molecule has 0 unspecified atom stereocenters. The molecule has 1 amide bonds. The van der Waals surface area contributed by atoms with E-state index in [0.717, 1.165) is 14.7 Å². The van der Waals surface area contributed by atoms with E-state index in [0.29, 0.717) is 6.54 Å². The average molecular weight is 379 g/mol. The van der Waals surface area contributed by atoms with Gasteiger partial charge in [0, 0.05) is 21.7 Å². The van der Waals surface area contributed by atoms with Crippen LogP contribution in [0.25, 0.3) is 0 Å². The maximum atomic E-state index is 12.6. The van der Waals surface area contributed by atoms with E-state index in [2.05, 4.69) is 34.7 Å². The number of amides is 1. The highest BCUT2D eigenvalue weighted by Crippen LogP contribution is 2.14. The third-order valence-corrected chi connectivity index (χ3v) is 3.89. The van der Waals surface area contributed by atoms with Crippen LogP contribution in [0, 0.1) is 3.57 Å². The second-order valence-electron chi connectivity index (χ2n) is 5.02. The molecule has 2 nitrogen and oxygen atoms in total. The van der Waals surface area contributed by atoms with E-state index < -0.39 is 0 Å². The first-order chi connectivity index (χ1) is 9.58. The Balaban J connectivity index is 2.20. The second kappa shape index (κ2) is 6.88. The van der Waals surface area contributed by atoms with Gasteiger partial charge in [0.15, 0.2) is 0 Å². The predicted octanol–water partition coefficient (Wildman–Crippen LogP) is 4.34. The van der Waals surface area contributed by atoms with Crippen molar-refractivity contribution in [2.45, 2.75) is 26.4 Å². The van der Waals surface area contributed by atoms with E-state index in [1.165, 1.54) is 0 Å². The molecule has 0 saturated carbocycles. The molecule has 0 radical (unpaired) electrons. The van der Waals surface area contributed by atoms with Crippen LogP contribution in [0.15, 0.2) is 54.6 Å². The topological polar surface area (TPSA) is 20.3 Å². The van der Waals surface area contributed by atoms with Crippen molar-refractivity contribution in [3.05, 3.63) is 69.3 Å². The van der Waals surface area contributed by atoms with Crippen LogP contribution in [-0.4, -0.2) is 16.8 Å². The van der Waals surface area contributed by atoms with Crippen LogP contribution in [0.5, 0.6) is 0 Å². The Labute approximate surface area is 133 Å². The molecule has 0 bridgehead atoms. The van der Waals surface area contributed by atoms with Gasteiger partial charge in [0.2, 0.25) is 0 Å². The number of hydrogen-bond acceptors (Lipinski definition) is 1. The van der Waals surface area contributed by atoms with Crippen molar-refractivity contribution in [1.29, 1.82) is 0 Å². The maximum absolute atomic E-state index is 12.6. The fourth-order valence-electron chi connectivity index (χ4n) is 2.03. The lowest BCUT2D eigenvalue weighted by Crippen LogP contribution is -2.36. The van der Waals surface area contributed by atoms with Gasteiger partial charge in [-0.3, -0.25) is 4.79 Å². The normalized spacial score (nSPS) is 10.6. The number of halogens is 1. The van der Waals surface area contributed by atoms with Gasteiger partial charge in [-0.05, 0) is 66.3 Å². The summed E-state index contributed by atoms with van der Waals surface area (Å²) in [5, 5.41) is 0. The summed E-state index contributed by atoms with van der Waals surface area (Å²) in [6.45, 7) is 4.74. The molecule has 0 aliphatic carbocycles. The van der Waals surface area contributed by atoms with Gasteiger partial charge >= 0.3 is 0 Å². The van der Waals surface area contributed by atoms with E-state index in [-0.39, 0.29) is 11.9 Å². The van der Waals surface area contributed by atoms with Gasteiger partial charge in [0.05, 0.1) is 0 Å². The number of benzene rings is 2. The molecule has 0 aliphatic rings. The zero-order valence-corrected chi connectivity index (χ0v) is 13.9. The summed E-state index contributed by atoms with van der Waals surface area (Å²) >= 11 is 2.24. The van der Waals surface area contributed by atoms with Gasteiger partial charge in [0.25, 0.3) is 5.91 Å². The minimum Gasteiger partial charge on any atom is -0.332 e. The fraction of sp³-hybridized carbons (Fsp3) is 0.235. The highest BCUT2D eigenvalue weighted by atomic mass is 127. The lowest BCUT2D eigenvalue weighted by molar-refractivity contribution is 0.0690. The van der Waals surface area contributed by atoms with Crippen molar-refractivity contribution in [1.82, 2.24) is 4.90 Å². The molecule has 0 aliphatic heterocycles. The van der Waals surface area contributed by atoms with Crippen LogP contribution in [0.3, 0.4) is 0 Å². The van der Waals surface area contributed by atoms with Gasteiger partial charge in [0.1, 0.15) is 0 Å². The second-order valence-corrected chi connectivity index (χ2v) is 6.26. The van der Waals surface area contributed by atoms with Crippen LogP contribution in [0.1, 0.15) is 29.8 Å². The maximum Gasteiger partial charge on any atom is 0.254 e. The van der Waals surface area contributed by atoms with Crippen molar-refractivity contribution >= 4 is 28.5 Å². The third-order valence-electron chi connectivity index (χ3n) is 3.17. The molecule has 0 atom stereocenters. The summed E-state index contributed by atoms with van der Waals surface area (Å²) in [5.74, 6) is 0.0836. The largest absolute Gasteiger partial charge is 0.332 e. The molecule has 2 aromatic carbocycles. The van der Waals surface area contributed by atoms with Gasteiger partial charge in [-0.2, -0.15) is 0 Å². The molecule has 0 fully saturated rings. The van der Waals surface area contributed by atoms with Crippen molar-refractivity contribution in [3.63, 3.8) is 0 Å². The molecule has 0 heterocycles. The summed E-state index contributed by atoms with van der Waals surface area (Å²) in [6, 6.07) is 18.0. The van der Waals surface area contributed by atoms with Crippen molar-refractivity contribution in [2.24, 2.45) is 0 Å². The van der Waals surface area contributed by atoms with Crippen LogP contribution in [0.4, 0.5) is 0 Å². The summed E-state index contributed by atoms with van der Waals surface area (Å²) < 4.78 is 1.14. The monoisotopic (exact) mass is 379 g/mol. The van der Waals surface area contributed by atoms with Crippen molar-refractivity contribution < 1.29 is 4.79 Å². The van der Waals surface area contributed by atoms with E-state index in [1.807, 2.05) is 61.2 Å². The number of carbonyl (C=O) groups is 1. The Bertz CT molecular complexity index is 563. The van der Waals surface area contributed by atoms with Crippen LogP contribution in [0.2, 0.25) is 0 Å². The van der Waals surface area contributed by atoms with E-state index in [4.69, 9.17) is 0 Å². The van der Waals surface area contributed by atoms with Gasteiger partial charge in [-0.25, -0.2) is 0 Å². The first-order valence-electron chi connectivity index (χ1n) is 6.68. The summed E-state index contributed by atoms with van der Waals surface area (Å²) in [5.41, 5.74) is 1.90. The Morgan fingerprint density at radius 3 is 2.20 bits per heavy atom. The smallest absolute Gasteiger partial charge is 0.254 e. The Morgan fingerprint density at radius 2 is 1.65 bits per heavy atom. The highest BCUT2D eigenvalue weighted by Gasteiger charge is 2.18. The first-order valence-corrected chi connectivity index (χ1v) is 7.76. The van der Waals surface area contributed by atoms with Gasteiger partial charge in [-0.1, -0.05) is 30.3 Å². The summed E-state index contributed by atoms with van der Waals surface area (Å²) in [6.07, 6.45) is 0. The van der Waals surface area contributed by atoms with Crippen LogP contribution in [-0.2, 0) is 6.54 Å². The summed E-state index contributed by atoms with van der Waals surface area (Å²) in [4.78, 5) is 14.5. The zero-order valence-electron chi connectivity index (χ0n) is 11.7. The molecule has 2 rings (SSSR count). The molecule has 2 aromatic rings. The molecule has 0 N–H and O–H groups in total. The lowest BCUT2D eigenvalue weighted by atomic mass is 10.1. The van der Waals surface area contributed by atoms with Crippen LogP contribution < -0.4 is 0 Å². The summed E-state index contributed by atoms with van der Waals surface area (Å²) in [7, 11) is 0. The standard InChI is InChI=1S/C17H18INO/c1-13(2)19(12-14-6-4-3-5-7-14)17(20)15-8-10-16(18)11-9-15/h3-11,13H,12H2,1-2H3. The molecule has 104 valence electrons. The molecule has 3 heteroatoms. The fourth-order valence-corrected chi connectivity index (χ4v) is 2.39. The van der Waals surface area contributed by atoms with E-state index in [1.54, 1.807) is 0 Å². The minimum atomic E-state index is 0.0836. The number of nitrogens with zero attached hydrogens (tertiary/aromatic N) is 1. The van der Waals surface area contributed by atoms with E-state index in [9.17, 15) is 4.79 Å². The molecular formula is C17H18INO. The SMILES string of the molecule is CC(C)N(Cc1ccccc1)C(=O)c1ccc(I)cc1. The quantitative estimate of drug-likeness (QED) is 0.724. The Morgan fingerprint density at radius 1 is 1.05 bits per heavy atom. The van der Waals surface area contributed by atoms with Crippen molar-refractivity contribution in [2.75, 3.05) is 0 Å². The zero-order chi connectivity index (χ0) is 14.5. The average Bonchev–Trinajstić information content (AvgIpc) is 2.45. The lowest BCUT2D eigenvalue weighted by Gasteiger charge is -2.27. The molecule has 0 aromatic heterocycles. The van der Waals surface area contributed by atoms with Gasteiger partial charge < -0.3 is 4.90 Å². The number of carbonyl (C=O) groups excluding carboxylic acids is 1. The first kappa shape index (κ1) is 15.0. The minimum absolute atomic E-state index is 0.0836. The molecule has 0 saturated heterocycles. The molecule has 20 heavy (non-hydrogen) atoms.